The number of rotatable bonds is 5. The zero-order valence-corrected chi connectivity index (χ0v) is 19.1. The van der Waals surface area contributed by atoms with E-state index in [4.69, 9.17) is 9.72 Å². The monoisotopic (exact) mass is 478 g/mol. The predicted molar refractivity (Wildman–Crippen MR) is 128 cm³/mol. The van der Waals surface area contributed by atoms with E-state index in [0.717, 1.165) is 40.6 Å². The van der Waals surface area contributed by atoms with Gasteiger partial charge in [0.15, 0.2) is 5.65 Å². The second kappa shape index (κ2) is 9.67. The number of urea groups is 1. The summed E-state index contributed by atoms with van der Waals surface area (Å²) in [6.07, 6.45) is 1.75. The number of carbonyl (C=O) groups is 1. The van der Waals surface area contributed by atoms with Gasteiger partial charge >= 0.3 is 6.03 Å². The minimum Gasteiger partial charge on any atom is -0.497 e. The maximum Gasteiger partial charge on any atom is 0.322 e. The number of aromatic nitrogens is 3. The van der Waals surface area contributed by atoms with Gasteiger partial charge in [-0.05, 0) is 48.5 Å². The van der Waals surface area contributed by atoms with E-state index in [-0.39, 0.29) is 5.69 Å². The molecule has 8 nitrogen and oxygen atoms in total. The third-order valence-electron chi connectivity index (χ3n) is 6.01. The maximum atomic E-state index is 13.9. The van der Waals surface area contributed by atoms with Crippen LogP contribution in [0.15, 0.2) is 60.8 Å². The van der Waals surface area contributed by atoms with Crippen molar-refractivity contribution < 1.29 is 18.3 Å². The molecule has 0 atom stereocenters. The van der Waals surface area contributed by atoms with E-state index >= 15 is 0 Å². The number of fused-ring (bicyclic) bond motifs is 1. The molecule has 2 aromatic heterocycles. The Morgan fingerprint density at radius 2 is 1.83 bits per heavy atom. The Morgan fingerprint density at radius 1 is 1.06 bits per heavy atom. The Hall–Kier alpha value is -4.05. The van der Waals surface area contributed by atoms with Gasteiger partial charge in [0.1, 0.15) is 28.7 Å². The summed E-state index contributed by atoms with van der Waals surface area (Å²) in [6, 6.07) is 14.2. The van der Waals surface area contributed by atoms with Crippen LogP contribution < -0.4 is 10.1 Å². The highest BCUT2D eigenvalue weighted by molar-refractivity contribution is 5.89. The normalized spacial score (nSPS) is 14.3. The fourth-order valence-corrected chi connectivity index (χ4v) is 4.16. The number of carbonyl (C=O) groups excluding carboxylic acids is 1. The first kappa shape index (κ1) is 22.7. The molecular formula is C25H24F2N6O2. The molecule has 0 radical (unpaired) electrons. The van der Waals surface area contributed by atoms with E-state index in [1.807, 2.05) is 41.0 Å². The number of piperazine rings is 1. The lowest BCUT2D eigenvalue weighted by Crippen LogP contribution is -2.49. The van der Waals surface area contributed by atoms with Crippen molar-refractivity contribution in [3.8, 4) is 11.4 Å². The number of halogens is 2. The number of nitrogens with one attached hydrogen (secondary N) is 1. The predicted octanol–water partition coefficient (Wildman–Crippen LogP) is 4.06. The number of hydrogen-bond acceptors (Lipinski definition) is 5. The van der Waals surface area contributed by atoms with Gasteiger partial charge in [0.05, 0.1) is 19.3 Å². The lowest BCUT2D eigenvalue weighted by Gasteiger charge is -2.34. The summed E-state index contributed by atoms with van der Waals surface area (Å²) in [5, 5.41) is 2.52. The molecule has 0 saturated carbocycles. The summed E-state index contributed by atoms with van der Waals surface area (Å²) in [4.78, 5) is 25.8. The Balaban J connectivity index is 1.29. The fraction of sp³-hybridized carbons (Fsp3) is 0.240. The molecule has 2 aromatic carbocycles. The second-order valence-corrected chi connectivity index (χ2v) is 8.23. The van der Waals surface area contributed by atoms with E-state index in [1.54, 1.807) is 18.2 Å². The van der Waals surface area contributed by atoms with E-state index in [2.05, 4.69) is 15.2 Å². The highest BCUT2D eigenvalue weighted by Gasteiger charge is 2.24. The Morgan fingerprint density at radius 3 is 2.54 bits per heavy atom. The van der Waals surface area contributed by atoms with Crippen LogP contribution in [-0.2, 0) is 6.54 Å². The number of imidazole rings is 1. The molecule has 0 spiro atoms. The molecule has 180 valence electrons. The Kier molecular flexibility index (Phi) is 6.28. The van der Waals surface area contributed by atoms with Crippen LogP contribution in [0.2, 0.25) is 0 Å². The van der Waals surface area contributed by atoms with Crippen molar-refractivity contribution in [2.24, 2.45) is 0 Å². The summed E-state index contributed by atoms with van der Waals surface area (Å²) < 4.78 is 34.3. The SMILES string of the molecule is COc1ccc(-n2c(CN3CCN(C(=O)Nc4ccc(F)cc4F)CC3)nc3cccnc32)cc1. The summed E-state index contributed by atoms with van der Waals surface area (Å²) >= 11 is 0. The van der Waals surface area contributed by atoms with Gasteiger partial charge in [-0.25, -0.2) is 23.5 Å². The summed E-state index contributed by atoms with van der Waals surface area (Å²) in [7, 11) is 1.63. The first-order chi connectivity index (χ1) is 17.0. The third kappa shape index (κ3) is 4.78. The zero-order chi connectivity index (χ0) is 24.4. The van der Waals surface area contributed by atoms with Crippen molar-refractivity contribution in [1.29, 1.82) is 0 Å². The van der Waals surface area contributed by atoms with Gasteiger partial charge in [0.2, 0.25) is 0 Å². The fourth-order valence-electron chi connectivity index (χ4n) is 4.16. The first-order valence-corrected chi connectivity index (χ1v) is 11.2. The van der Waals surface area contributed by atoms with Crippen molar-refractivity contribution in [3.05, 3.63) is 78.3 Å². The maximum absolute atomic E-state index is 13.9. The number of pyridine rings is 1. The van der Waals surface area contributed by atoms with Gasteiger partial charge in [-0.1, -0.05) is 0 Å². The van der Waals surface area contributed by atoms with Crippen LogP contribution in [0.4, 0.5) is 19.3 Å². The average molecular weight is 479 g/mol. The van der Waals surface area contributed by atoms with Crippen LogP contribution in [0.5, 0.6) is 5.75 Å². The number of ether oxygens (including phenoxy) is 1. The Labute approximate surface area is 200 Å². The quantitative estimate of drug-likeness (QED) is 0.468. The van der Waals surface area contributed by atoms with E-state index in [1.165, 1.54) is 6.07 Å². The topological polar surface area (TPSA) is 75.5 Å². The lowest BCUT2D eigenvalue weighted by molar-refractivity contribution is 0.140. The van der Waals surface area contributed by atoms with E-state index in [0.29, 0.717) is 32.7 Å². The molecule has 1 fully saturated rings. The van der Waals surface area contributed by atoms with Gasteiger partial charge < -0.3 is 15.0 Å². The first-order valence-electron chi connectivity index (χ1n) is 11.2. The number of anilines is 1. The Bertz CT molecular complexity index is 1350. The highest BCUT2D eigenvalue weighted by atomic mass is 19.1. The minimum absolute atomic E-state index is 0.0421. The zero-order valence-electron chi connectivity index (χ0n) is 19.1. The largest absolute Gasteiger partial charge is 0.497 e. The number of benzene rings is 2. The van der Waals surface area contributed by atoms with Crippen molar-refractivity contribution >= 4 is 22.9 Å². The van der Waals surface area contributed by atoms with Crippen LogP contribution >= 0.6 is 0 Å². The molecule has 10 heteroatoms. The van der Waals surface area contributed by atoms with E-state index in [9.17, 15) is 13.6 Å². The van der Waals surface area contributed by atoms with E-state index < -0.39 is 17.7 Å². The van der Waals surface area contributed by atoms with Crippen LogP contribution in [-0.4, -0.2) is 63.7 Å². The van der Waals surface area contributed by atoms with Crippen LogP contribution in [0, 0.1) is 11.6 Å². The minimum atomic E-state index is -0.803. The number of nitrogens with zero attached hydrogens (tertiary/aromatic N) is 5. The smallest absolute Gasteiger partial charge is 0.322 e. The van der Waals surface area contributed by atoms with Crippen LogP contribution in [0.3, 0.4) is 0 Å². The third-order valence-corrected chi connectivity index (χ3v) is 6.01. The number of methoxy groups -OCH3 is 1. The van der Waals surface area contributed by atoms with Gasteiger partial charge in [0.25, 0.3) is 0 Å². The molecule has 0 bridgehead atoms. The molecule has 1 aliphatic rings. The second-order valence-electron chi connectivity index (χ2n) is 8.23. The number of hydrogen-bond donors (Lipinski definition) is 1. The number of amides is 2. The van der Waals surface area contributed by atoms with Gasteiger partial charge in [-0.3, -0.25) is 9.47 Å². The van der Waals surface area contributed by atoms with Gasteiger partial charge in [-0.2, -0.15) is 0 Å². The van der Waals surface area contributed by atoms with Gasteiger partial charge in [0, 0.05) is 44.1 Å². The van der Waals surface area contributed by atoms with Crippen molar-refractivity contribution in [3.63, 3.8) is 0 Å². The summed E-state index contributed by atoms with van der Waals surface area (Å²) in [5.41, 5.74) is 2.46. The molecule has 0 unspecified atom stereocenters. The molecule has 1 N–H and O–H groups in total. The highest BCUT2D eigenvalue weighted by Crippen LogP contribution is 2.23. The summed E-state index contributed by atoms with van der Waals surface area (Å²) in [6.45, 7) is 2.76. The van der Waals surface area contributed by atoms with Crippen LogP contribution in [0.25, 0.3) is 16.9 Å². The standard InChI is InChI=1S/C25H24F2N6O2/c1-35-19-7-5-18(6-8-19)33-23(29-22-3-2-10-28-24(22)33)16-31-11-13-32(14-12-31)25(34)30-21-9-4-17(26)15-20(21)27/h2-10,15H,11-14,16H2,1H3,(H,30,34). The molecule has 2 amide bonds. The molecular weight excluding hydrogens is 454 g/mol. The van der Waals surface area contributed by atoms with Crippen molar-refractivity contribution in [1.82, 2.24) is 24.3 Å². The van der Waals surface area contributed by atoms with Crippen molar-refractivity contribution in [2.75, 3.05) is 38.6 Å². The molecule has 4 aromatic rings. The molecule has 1 saturated heterocycles. The molecule has 35 heavy (non-hydrogen) atoms. The average Bonchev–Trinajstić information content (AvgIpc) is 3.24. The molecule has 0 aliphatic carbocycles. The summed E-state index contributed by atoms with van der Waals surface area (Å²) in [5.74, 6) is 0.116. The van der Waals surface area contributed by atoms with Crippen LogP contribution in [0.1, 0.15) is 5.82 Å². The molecule has 3 heterocycles. The van der Waals surface area contributed by atoms with Gasteiger partial charge in [-0.15, -0.1) is 0 Å². The van der Waals surface area contributed by atoms with Crippen molar-refractivity contribution in [2.45, 2.75) is 6.54 Å². The lowest BCUT2D eigenvalue weighted by atomic mass is 10.2. The molecule has 5 rings (SSSR count). The molecule has 1 aliphatic heterocycles.